The minimum absolute atomic E-state index is 0.0758. The van der Waals surface area contributed by atoms with E-state index in [1.165, 1.54) is 12.1 Å². The summed E-state index contributed by atoms with van der Waals surface area (Å²) in [6, 6.07) is 22.5. The average molecular weight is 569 g/mol. The molecular formula is C28H24N8O2S2. The van der Waals surface area contributed by atoms with Gasteiger partial charge in [0.25, 0.3) is 5.69 Å². The molecule has 0 bridgehead atoms. The summed E-state index contributed by atoms with van der Waals surface area (Å²) >= 11 is 7.45. The van der Waals surface area contributed by atoms with E-state index in [4.69, 9.17) is 12.2 Å². The van der Waals surface area contributed by atoms with E-state index in [2.05, 4.69) is 62.1 Å². The molecule has 1 aliphatic rings. The molecular weight excluding hydrogens is 544 g/mol. The van der Waals surface area contributed by atoms with Gasteiger partial charge in [-0.05, 0) is 80.7 Å². The third kappa shape index (κ3) is 4.71. The Morgan fingerprint density at radius 3 is 2.27 bits per heavy atom. The van der Waals surface area contributed by atoms with Crippen molar-refractivity contribution >= 4 is 40.5 Å². The first-order valence-corrected chi connectivity index (χ1v) is 13.7. The lowest BCUT2D eigenvalue weighted by Crippen LogP contribution is -2.29. The number of hydrogen-bond donors (Lipinski definition) is 1. The lowest BCUT2D eigenvalue weighted by Gasteiger charge is -2.28. The topological polar surface area (TPSA) is 107 Å². The first kappa shape index (κ1) is 25.7. The highest BCUT2D eigenvalue weighted by atomic mass is 32.2. The zero-order valence-corrected chi connectivity index (χ0v) is 23.2. The van der Waals surface area contributed by atoms with Crippen LogP contribution in [-0.4, -0.2) is 34.6 Å². The Bertz CT molecular complexity index is 1670. The van der Waals surface area contributed by atoms with Gasteiger partial charge in [-0.2, -0.15) is 0 Å². The first-order chi connectivity index (χ1) is 19.4. The van der Waals surface area contributed by atoms with Gasteiger partial charge in [-0.25, -0.2) is 4.68 Å². The minimum Gasteiger partial charge on any atom is -0.351 e. The standard InChI is InChI=1S/C28H24N8O2S2/c1-18-15-24(19(2)35(18)33-16-30-31-17-33)27-26(25-5-3-4-14-29-25)32-28(39)34(27)20-6-10-22(11-7-20)40-23-12-8-21(9-13-23)36(37)38/h3-17,26-27H,1-2H3,(H,32,39)/t26-,27+/m0/s1. The van der Waals surface area contributed by atoms with Crippen LogP contribution >= 0.6 is 24.0 Å². The number of nitrogens with one attached hydrogen (secondary N) is 1. The fraction of sp³-hybridized carbons (Fsp3) is 0.143. The maximum absolute atomic E-state index is 11.0. The smallest absolute Gasteiger partial charge is 0.269 e. The van der Waals surface area contributed by atoms with Gasteiger partial charge in [0, 0.05) is 50.8 Å². The highest BCUT2D eigenvalue weighted by Crippen LogP contribution is 2.43. The number of rotatable bonds is 7. The fourth-order valence-corrected chi connectivity index (χ4v) is 6.29. The fourth-order valence-electron chi connectivity index (χ4n) is 5.13. The quantitative estimate of drug-likeness (QED) is 0.152. The van der Waals surface area contributed by atoms with Crippen LogP contribution in [0.1, 0.15) is 34.7 Å². The molecule has 12 heteroatoms. The van der Waals surface area contributed by atoms with Crippen molar-refractivity contribution in [1.82, 2.24) is 29.9 Å². The molecule has 2 atom stereocenters. The van der Waals surface area contributed by atoms with Crippen molar-refractivity contribution in [3.05, 3.63) is 124 Å². The first-order valence-electron chi connectivity index (χ1n) is 12.5. The van der Waals surface area contributed by atoms with Gasteiger partial charge in [-0.15, -0.1) is 10.2 Å². The van der Waals surface area contributed by atoms with E-state index >= 15 is 0 Å². The Kier molecular flexibility index (Phi) is 6.78. The summed E-state index contributed by atoms with van der Waals surface area (Å²) in [6.45, 7) is 4.14. The number of anilines is 1. The lowest BCUT2D eigenvalue weighted by molar-refractivity contribution is -0.384. The van der Waals surface area contributed by atoms with E-state index in [1.54, 1.807) is 42.7 Å². The number of nitro benzene ring substituents is 1. The third-order valence-corrected chi connectivity index (χ3v) is 8.22. The van der Waals surface area contributed by atoms with Crippen LogP contribution in [0.5, 0.6) is 0 Å². The van der Waals surface area contributed by atoms with E-state index in [9.17, 15) is 10.1 Å². The Hall–Kier alpha value is -4.55. The average Bonchev–Trinajstić information content (AvgIpc) is 3.67. The second kappa shape index (κ2) is 10.5. The largest absolute Gasteiger partial charge is 0.351 e. The molecule has 3 aromatic heterocycles. The number of thiocarbonyl (C=S) groups is 1. The van der Waals surface area contributed by atoms with Gasteiger partial charge >= 0.3 is 0 Å². The highest BCUT2D eigenvalue weighted by molar-refractivity contribution is 7.99. The number of nitro groups is 1. The van der Waals surface area contributed by atoms with E-state index < -0.39 is 4.92 Å². The Morgan fingerprint density at radius 1 is 0.975 bits per heavy atom. The minimum atomic E-state index is -0.394. The van der Waals surface area contributed by atoms with Gasteiger partial charge in [0.05, 0.1) is 22.7 Å². The number of non-ortho nitro benzene ring substituents is 1. The summed E-state index contributed by atoms with van der Waals surface area (Å²) < 4.78 is 3.94. The van der Waals surface area contributed by atoms with Crippen molar-refractivity contribution in [3.8, 4) is 0 Å². The molecule has 1 saturated heterocycles. The van der Waals surface area contributed by atoms with Gasteiger partial charge < -0.3 is 10.2 Å². The predicted octanol–water partition coefficient (Wildman–Crippen LogP) is 5.64. The highest BCUT2D eigenvalue weighted by Gasteiger charge is 2.42. The van der Waals surface area contributed by atoms with Gasteiger partial charge in [-0.1, -0.05) is 17.8 Å². The van der Waals surface area contributed by atoms with Crippen LogP contribution < -0.4 is 10.2 Å². The van der Waals surface area contributed by atoms with Gasteiger partial charge in [0.1, 0.15) is 12.7 Å². The zero-order chi connectivity index (χ0) is 27.8. The van der Waals surface area contributed by atoms with Crippen molar-refractivity contribution in [1.29, 1.82) is 0 Å². The maximum Gasteiger partial charge on any atom is 0.269 e. The maximum atomic E-state index is 11.0. The van der Waals surface area contributed by atoms with Crippen LogP contribution in [0, 0.1) is 24.0 Å². The molecule has 0 amide bonds. The Labute approximate surface area is 239 Å². The number of benzene rings is 2. The van der Waals surface area contributed by atoms with E-state index in [1.807, 2.05) is 35.0 Å². The van der Waals surface area contributed by atoms with Crippen LogP contribution in [-0.2, 0) is 0 Å². The van der Waals surface area contributed by atoms with E-state index in [0.29, 0.717) is 5.11 Å². The lowest BCUT2D eigenvalue weighted by atomic mass is 9.96. The van der Waals surface area contributed by atoms with Crippen molar-refractivity contribution in [2.75, 3.05) is 4.90 Å². The second-order valence-electron chi connectivity index (χ2n) is 9.32. The van der Waals surface area contributed by atoms with Crippen molar-refractivity contribution in [2.45, 2.75) is 35.7 Å². The molecule has 40 heavy (non-hydrogen) atoms. The molecule has 200 valence electrons. The molecule has 0 spiro atoms. The summed E-state index contributed by atoms with van der Waals surface area (Å²) in [5.74, 6) is 0. The monoisotopic (exact) mass is 568 g/mol. The molecule has 2 aromatic carbocycles. The van der Waals surface area contributed by atoms with Crippen molar-refractivity contribution in [3.63, 3.8) is 0 Å². The molecule has 0 aliphatic carbocycles. The van der Waals surface area contributed by atoms with Crippen LogP contribution in [0.25, 0.3) is 0 Å². The normalized spacial score (nSPS) is 16.8. The van der Waals surface area contributed by atoms with E-state index in [-0.39, 0.29) is 17.8 Å². The third-order valence-electron chi connectivity index (χ3n) is 6.89. The molecule has 10 nitrogen and oxygen atoms in total. The van der Waals surface area contributed by atoms with E-state index in [0.717, 1.165) is 38.1 Å². The van der Waals surface area contributed by atoms with Crippen LogP contribution in [0.2, 0.25) is 0 Å². The number of nitrogens with zero attached hydrogens (tertiary/aromatic N) is 7. The Balaban J connectivity index is 1.36. The summed E-state index contributed by atoms with van der Waals surface area (Å²) in [6.07, 6.45) is 5.15. The van der Waals surface area contributed by atoms with Crippen LogP contribution in [0.15, 0.2) is 101 Å². The SMILES string of the molecule is Cc1cc([C@@H]2[C@H](c3ccccn3)NC(=S)N2c2ccc(Sc3ccc([N+](=O)[O-])cc3)cc2)c(C)n1-n1cnnc1. The number of pyridine rings is 1. The van der Waals surface area contributed by atoms with Crippen LogP contribution in [0.4, 0.5) is 11.4 Å². The van der Waals surface area contributed by atoms with Gasteiger partial charge in [0.2, 0.25) is 0 Å². The molecule has 1 N–H and O–H groups in total. The molecule has 6 rings (SSSR count). The predicted molar refractivity (Wildman–Crippen MR) is 156 cm³/mol. The summed E-state index contributed by atoms with van der Waals surface area (Å²) in [5, 5.41) is 23.1. The van der Waals surface area contributed by atoms with Crippen LogP contribution in [0.3, 0.4) is 0 Å². The van der Waals surface area contributed by atoms with Gasteiger partial charge in [-0.3, -0.25) is 19.8 Å². The molecule has 4 heterocycles. The number of aryl methyl sites for hydroxylation is 1. The summed E-state index contributed by atoms with van der Waals surface area (Å²) in [5.41, 5.74) is 5.12. The number of hydrogen-bond acceptors (Lipinski definition) is 7. The molecule has 1 fully saturated rings. The van der Waals surface area contributed by atoms with Gasteiger partial charge in [0.15, 0.2) is 5.11 Å². The molecule has 5 aromatic rings. The molecule has 0 saturated carbocycles. The van der Waals surface area contributed by atoms with Crippen molar-refractivity contribution < 1.29 is 4.92 Å². The molecule has 1 aliphatic heterocycles. The molecule has 0 unspecified atom stereocenters. The second-order valence-corrected chi connectivity index (χ2v) is 10.9. The van der Waals surface area contributed by atoms with Crippen molar-refractivity contribution in [2.24, 2.45) is 0 Å². The Morgan fingerprint density at radius 2 is 1.65 bits per heavy atom. The summed E-state index contributed by atoms with van der Waals surface area (Å²) in [4.78, 5) is 19.3. The number of aromatic nitrogens is 5. The summed E-state index contributed by atoms with van der Waals surface area (Å²) in [7, 11) is 0. The molecule has 0 radical (unpaired) electrons. The zero-order valence-electron chi connectivity index (χ0n) is 21.6.